The van der Waals surface area contributed by atoms with E-state index in [1.54, 1.807) is 0 Å². The Balaban J connectivity index is 1.36. The second-order valence-corrected chi connectivity index (χ2v) is 7.53. The smallest absolute Gasteiger partial charge is 0.248 e. The fourth-order valence-electron chi connectivity index (χ4n) is 3.79. The van der Waals surface area contributed by atoms with Crippen LogP contribution in [0.25, 0.3) is 0 Å². The van der Waals surface area contributed by atoms with Crippen LogP contribution in [-0.2, 0) is 4.79 Å². The van der Waals surface area contributed by atoms with Gasteiger partial charge >= 0.3 is 0 Å². The van der Waals surface area contributed by atoms with E-state index in [1.165, 1.54) is 32.4 Å². The van der Waals surface area contributed by atoms with Crippen LogP contribution in [0, 0.1) is 0 Å². The van der Waals surface area contributed by atoms with Gasteiger partial charge in [-0.25, -0.2) is 0 Å². The van der Waals surface area contributed by atoms with Crippen molar-refractivity contribution in [1.82, 2.24) is 21.1 Å². The second kappa shape index (κ2) is 9.19. The molecule has 26 heavy (non-hydrogen) atoms. The molecule has 2 unspecified atom stereocenters. The lowest BCUT2D eigenvalue weighted by molar-refractivity contribution is -0.123. The maximum absolute atomic E-state index is 12.6. The van der Waals surface area contributed by atoms with Crippen molar-refractivity contribution in [3.8, 4) is 0 Å². The molecule has 3 rings (SSSR count). The van der Waals surface area contributed by atoms with Crippen LogP contribution >= 0.6 is 12.2 Å². The molecule has 1 fully saturated rings. The summed E-state index contributed by atoms with van der Waals surface area (Å²) in [6.45, 7) is 6.36. The Morgan fingerprint density at radius 2 is 2.00 bits per heavy atom. The molecule has 0 bridgehead atoms. The maximum atomic E-state index is 12.6. The van der Waals surface area contributed by atoms with Crippen molar-refractivity contribution in [3.05, 3.63) is 29.8 Å². The molecule has 2 heterocycles. The molecule has 1 saturated heterocycles. The standard InChI is InChI=1S/C19H29N5OS/c1-14-17(15-8-3-4-9-16(15)21-14)18(25)22-23-19(26)20-10-7-13-24-11-5-2-6-12-24/h3-4,8-9,14,17,21H,2,5-7,10-13H2,1H3,(H,22,25)(H2,20,23,26). The molecule has 0 aromatic heterocycles. The lowest BCUT2D eigenvalue weighted by Crippen LogP contribution is -2.49. The van der Waals surface area contributed by atoms with Crippen LogP contribution in [-0.4, -0.2) is 48.1 Å². The Hall–Kier alpha value is -1.86. The summed E-state index contributed by atoms with van der Waals surface area (Å²) in [5, 5.41) is 6.97. The van der Waals surface area contributed by atoms with Crippen LogP contribution in [0.4, 0.5) is 5.69 Å². The minimum Gasteiger partial charge on any atom is -0.381 e. The maximum Gasteiger partial charge on any atom is 0.248 e. The number of likely N-dealkylation sites (tertiary alicyclic amines) is 1. The molecule has 142 valence electrons. The number of thiocarbonyl (C=S) groups is 1. The lowest BCUT2D eigenvalue weighted by atomic mass is 9.95. The van der Waals surface area contributed by atoms with Crippen molar-refractivity contribution in [2.45, 2.75) is 44.6 Å². The Morgan fingerprint density at radius 1 is 1.23 bits per heavy atom. The molecule has 7 heteroatoms. The predicted octanol–water partition coefficient (Wildman–Crippen LogP) is 1.96. The van der Waals surface area contributed by atoms with E-state index in [-0.39, 0.29) is 17.9 Å². The summed E-state index contributed by atoms with van der Waals surface area (Å²) in [5.74, 6) is -0.298. The van der Waals surface area contributed by atoms with Crippen LogP contribution < -0.4 is 21.5 Å². The Labute approximate surface area is 161 Å². The molecular formula is C19H29N5OS. The number of hydrazine groups is 1. The van der Waals surface area contributed by atoms with Crippen LogP contribution in [0.1, 0.15) is 44.1 Å². The monoisotopic (exact) mass is 375 g/mol. The van der Waals surface area contributed by atoms with Gasteiger partial charge in [0, 0.05) is 18.3 Å². The highest BCUT2D eigenvalue weighted by atomic mass is 32.1. The summed E-state index contributed by atoms with van der Waals surface area (Å²) in [4.78, 5) is 15.1. The number of anilines is 1. The number of fused-ring (bicyclic) bond motifs is 1. The number of piperidine rings is 1. The van der Waals surface area contributed by atoms with Gasteiger partial charge in [-0.15, -0.1) is 0 Å². The van der Waals surface area contributed by atoms with Gasteiger partial charge in [-0.2, -0.15) is 0 Å². The number of para-hydroxylation sites is 1. The first-order chi connectivity index (χ1) is 12.6. The zero-order chi connectivity index (χ0) is 18.4. The fraction of sp³-hybridized carbons (Fsp3) is 0.579. The molecule has 2 aliphatic heterocycles. The van der Waals surface area contributed by atoms with E-state index in [4.69, 9.17) is 12.2 Å². The number of benzene rings is 1. The zero-order valence-electron chi connectivity index (χ0n) is 15.4. The van der Waals surface area contributed by atoms with Gasteiger partial charge in [0.1, 0.15) is 0 Å². The zero-order valence-corrected chi connectivity index (χ0v) is 16.2. The van der Waals surface area contributed by atoms with Gasteiger partial charge in [-0.3, -0.25) is 15.6 Å². The lowest BCUT2D eigenvalue weighted by Gasteiger charge is -2.26. The summed E-state index contributed by atoms with van der Waals surface area (Å²) in [6.07, 6.45) is 5.04. The third kappa shape index (κ3) is 4.86. The van der Waals surface area contributed by atoms with Gasteiger partial charge in [0.05, 0.1) is 5.92 Å². The van der Waals surface area contributed by atoms with Gasteiger partial charge in [0.2, 0.25) is 5.91 Å². The number of carbonyl (C=O) groups is 1. The second-order valence-electron chi connectivity index (χ2n) is 7.12. The highest BCUT2D eigenvalue weighted by Crippen LogP contribution is 2.35. The first-order valence-electron chi connectivity index (χ1n) is 9.56. The molecule has 0 saturated carbocycles. The number of carbonyl (C=O) groups excluding carboxylic acids is 1. The number of nitrogens with one attached hydrogen (secondary N) is 4. The van der Waals surface area contributed by atoms with Crippen LogP contribution in [0.2, 0.25) is 0 Å². The largest absolute Gasteiger partial charge is 0.381 e. The summed E-state index contributed by atoms with van der Waals surface area (Å²) in [6, 6.07) is 7.98. The molecule has 1 amide bonds. The van der Waals surface area contributed by atoms with Crippen molar-refractivity contribution >= 4 is 28.9 Å². The van der Waals surface area contributed by atoms with Crippen molar-refractivity contribution in [2.75, 3.05) is 31.5 Å². The van der Waals surface area contributed by atoms with Crippen LogP contribution in [0.5, 0.6) is 0 Å². The number of nitrogens with zero attached hydrogens (tertiary/aromatic N) is 1. The van der Waals surface area contributed by atoms with Gasteiger partial charge in [-0.05, 0) is 69.7 Å². The number of rotatable bonds is 5. The predicted molar refractivity (Wildman–Crippen MR) is 109 cm³/mol. The molecule has 1 aromatic rings. The molecule has 2 atom stereocenters. The van der Waals surface area contributed by atoms with Crippen LogP contribution in [0.3, 0.4) is 0 Å². The van der Waals surface area contributed by atoms with E-state index in [2.05, 4.69) is 26.4 Å². The number of hydrogen-bond donors (Lipinski definition) is 4. The SMILES string of the molecule is CC1Nc2ccccc2C1C(=O)NNC(=S)NCCCN1CCCCC1. The molecule has 0 radical (unpaired) electrons. The highest BCUT2D eigenvalue weighted by Gasteiger charge is 2.34. The van der Waals surface area contributed by atoms with E-state index in [9.17, 15) is 4.79 Å². The summed E-state index contributed by atoms with van der Waals surface area (Å²) in [7, 11) is 0. The third-order valence-corrected chi connectivity index (χ3v) is 5.39. The Bertz CT molecular complexity index is 632. The summed E-state index contributed by atoms with van der Waals surface area (Å²) in [5.41, 5.74) is 7.63. The Kier molecular flexibility index (Phi) is 6.68. The molecular weight excluding hydrogens is 346 g/mol. The molecule has 0 aliphatic carbocycles. The van der Waals surface area contributed by atoms with Crippen molar-refractivity contribution in [3.63, 3.8) is 0 Å². The van der Waals surface area contributed by atoms with Gasteiger partial charge in [0.25, 0.3) is 0 Å². The van der Waals surface area contributed by atoms with E-state index < -0.39 is 0 Å². The topological polar surface area (TPSA) is 68.4 Å². The first kappa shape index (κ1) is 18.9. The minimum absolute atomic E-state index is 0.0558. The summed E-state index contributed by atoms with van der Waals surface area (Å²) >= 11 is 5.26. The number of amides is 1. The quantitative estimate of drug-likeness (QED) is 0.358. The van der Waals surface area contributed by atoms with E-state index in [0.717, 1.165) is 30.8 Å². The fourth-order valence-corrected chi connectivity index (χ4v) is 3.95. The number of hydrogen-bond acceptors (Lipinski definition) is 4. The van der Waals surface area contributed by atoms with Crippen molar-refractivity contribution in [1.29, 1.82) is 0 Å². The van der Waals surface area contributed by atoms with E-state index in [1.807, 2.05) is 31.2 Å². The molecule has 1 aromatic carbocycles. The average Bonchev–Trinajstić information content (AvgIpc) is 3.00. The van der Waals surface area contributed by atoms with E-state index >= 15 is 0 Å². The summed E-state index contributed by atoms with van der Waals surface area (Å²) < 4.78 is 0. The first-order valence-corrected chi connectivity index (χ1v) is 9.97. The van der Waals surface area contributed by atoms with Crippen molar-refractivity contribution in [2.24, 2.45) is 0 Å². The van der Waals surface area contributed by atoms with E-state index in [0.29, 0.717) is 5.11 Å². The van der Waals surface area contributed by atoms with Gasteiger partial charge in [0.15, 0.2) is 5.11 Å². The van der Waals surface area contributed by atoms with Crippen molar-refractivity contribution < 1.29 is 4.79 Å². The molecule has 0 spiro atoms. The molecule has 4 N–H and O–H groups in total. The minimum atomic E-state index is -0.222. The van der Waals surface area contributed by atoms with Crippen LogP contribution in [0.15, 0.2) is 24.3 Å². The highest BCUT2D eigenvalue weighted by molar-refractivity contribution is 7.80. The molecule has 6 nitrogen and oxygen atoms in total. The van der Waals surface area contributed by atoms with Gasteiger partial charge in [-0.1, -0.05) is 24.6 Å². The normalized spacial score (nSPS) is 22.2. The molecule has 2 aliphatic rings. The Morgan fingerprint density at radius 3 is 2.81 bits per heavy atom. The van der Waals surface area contributed by atoms with Gasteiger partial charge < -0.3 is 15.5 Å². The third-order valence-electron chi connectivity index (χ3n) is 5.15. The average molecular weight is 376 g/mol.